The highest BCUT2D eigenvalue weighted by Crippen LogP contribution is 2.32. The highest BCUT2D eigenvalue weighted by molar-refractivity contribution is 5.91. The van der Waals surface area contributed by atoms with Crippen molar-refractivity contribution in [1.29, 1.82) is 0 Å². The molecular formula is C22H40N3O12+. The highest BCUT2D eigenvalue weighted by atomic mass is 16.7. The molecule has 9 N–H and O–H groups in total. The SMILES string of the molecule is C[N+](C)(C)C1[C@H](O)OC(CO)[C@H](O)[C@@H]1CO[C@@H]1OC(C(=O)CNC(=O)CCC(=O)CN)[C@H](O)[C@H](O)C1O. The first-order chi connectivity index (χ1) is 17.2. The van der Waals surface area contributed by atoms with Crippen LogP contribution in [0, 0.1) is 5.92 Å². The van der Waals surface area contributed by atoms with Crippen LogP contribution in [0.25, 0.3) is 0 Å². The number of rotatable bonds is 12. The molecule has 2 rings (SSSR count). The summed E-state index contributed by atoms with van der Waals surface area (Å²) < 4.78 is 16.5. The number of carbonyl (C=O) groups is 3. The van der Waals surface area contributed by atoms with Crippen LogP contribution in [0.3, 0.4) is 0 Å². The van der Waals surface area contributed by atoms with Crippen LogP contribution in [0.1, 0.15) is 12.8 Å². The Kier molecular flexibility index (Phi) is 11.5. The third-order valence-corrected chi connectivity index (χ3v) is 6.60. The Balaban J connectivity index is 2.06. The van der Waals surface area contributed by atoms with Gasteiger partial charge >= 0.3 is 0 Å². The van der Waals surface area contributed by atoms with Gasteiger partial charge in [-0.3, -0.25) is 14.4 Å². The van der Waals surface area contributed by atoms with Crippen LogP contribution in [0.2, 0.25) is 0 Å². The Morgan fingerprint density at radius 2 is 1.59 bits per heavy atom. The number of nitrogens with two attached hydrogens (primary N) is 1. The minimum absolute atomic E-state index is 0.0991. The van der Waals surface area contributed by atoms with Crippen molar-refractivity contribution in [3.05, 3.63) is 0 Å². The fourth-order valence-electron chi connectivity index (χ4n) is 4.52. The lowest BCUT2D eigenvalue weighted by atomic mass is 9.86. The number of aliphatic hydroxyl groups excluding tert-OH is 6. The quantitative estimate of drug-likeness (QED) is 0.108. The standard InChI is InChI=1S/C22H39N3O12/c1-25(2,3)15-11(16(30)13(8-26)36-21(15)34)9-35-22-19(33)17(31)18(32)20(37-22)12(28)7-24-14(29)5-4-10(27)6-23/h11,13,15-22,26,30-34H,4-9,23H2,1-3H3/p+1/t11-,13?,15?,16-,17+,18-,19?,20?,21-,22-/m1/s1. The zero-order valence-electron chi connectivity index (χ0n) is 21.2. The molecule has 0 bridgehead atoms. The Labute approximate surface area is 214 Å². The van der Waals surface area contributed by atoms with E-state index in [2.05, 4.69) is 5.32 Å². The van der Waals surface area contributed by atoms with Gasteiger partial charge in [0.15, 0.2) is 12.1 Å². The number of ketones is 2. The number of hydrogen-bond acceptors (Lipinski definition) is 13. The minimum Gasteiger partial charge on any atom is -0.394 e. The summed E-state index contributed by atoms with van der Waals surface area (Å²) >= 11 is 0. The lowest BCUT2D eigenvalue weighted by molar-refractivity contribution is -0.910. The van der Waals surface area contributed by atoms with E-state index < -0.39 is 86.0 Å². The monoisotopic (exact) mass is 538 g/mol. The van der Waals surface area contributed by atoms with Crippen molar-refractivity contribution in [3.8, 4) is 0 Å². The van der Waals surface area contributed by atoms with E-state index in [1.807, 2.05) is 0 Å². The fraction of sp³-hybridized carbons (Fsp3) is 0.864. The number of likely N-dealkylation sites (N-methyl/N-ethyl adjacent to an activating group) is 1. The van der Waals surface area contributed by atoms with Crippen molar-refractivity contribution in [2.75, 3.05) is 47.4 Å². The molecule has 0 aromatic rings. The van der Waals surface area contributed by atoms with Gasteiger partial charge in [0.25, 0.3) is 0 Å². The highest BCUT2D eigenvalue weighted by Gasteiger charge is 2.52. The molecule has 37 heavy (non-hydrogen) atoms. The van der Waals surface area contributed by atoms with Gasteiger partial charge in [-0.1, -0.05) is 0 Å². The van der Waals surface area contributed by atoms with Gasteiger partial charge in [-0.15, -0.1) is 0 Å². The van der Waals surface area contributed by atoms with Crippen molar-refractivity contribution < 1.29 is 63.7 Å². The Morgan fingerprint density at radius 3 is 2.16 bits per heavy atom. The van der Waals surface area contributed by atoms with Gasteiger partial charge in [0.05, 0.1) is 59.5 Å². The number of amides is 1. The van der Waals surface area contributed by atoms with Crippen molar-refractivity contribution in [2.24, 2.45) is 11.7 Å². The lowest BCUT2D eigenvalue weighted by Crippen LogP contribution is -2.67. The molecule has 0 radical (unpaired) electrons. The molecule has 4 unspecified atom stereocenters. The average molecular weight is 539 g/mol. The van der Waals surface area contributed by atoms with Crippen LogP contribution >= 0.6 is 0 Å². The second-order valence-corrected chi connectivity index (χ2v) is 10.2. The predicted octanol–water partition coefficient (Wildman–Crippen LogP) is -5.43. The van der Waals surface area contributed by atoms with Crippen LogP contribution in [-0.4, -0.2) is 155 Å². The van der Waals surface area contributed by atoms with Crippen LogP contribution in [-0.2, 0) is 28.6 Å². The first kappa shape index (κ1) is 31.6. The number of Topliss-reactive ketones (excluding diaryl/α,β-unsaturated/α-hetero) is 2. The number of hydrogen-bond donors (Lipinski definition) is 8. The molecule has 15 nitrogen and oxygen atoms in total. The second-order valence-electron chi connectivity index (χ2n) is 10.2. The summed E-state index contributed by atoms with van der Waals surface area (Å²) in [5, 5.41) is 64.0. The number of ether oxygens (including phenoxy) is 3. The molecule has 2 heterocycles. The van der Waals surface area contributed by atoms with E-state index in [0.717, 1.165) is 0 Å². The Bertz CT molecular complexity index is 793. The summed E-state index contributed by atoms with van der Waals surface area (Å²) in [6, 6.07) is -0.729. The molecule has 0 aromatic carbocycles. The van der Waals surface area contributed by atoms with Crippen LogP contribution in [0.5, 0.6) is 0 Å². The van der Waals surface area contributed by atoms with Gasteiger partial charge < -0.3 is 60.4 Å². The number of carbonyl (C=O) groups excluding carboxylic acids is 3. The molecular weight excluding hydrogens is 498 g/mol. The van der Waals surface area contributed by atoms with Gasteiger partial charge in [0.1, 0.15) is 42.3 Å². The van der Waals surface area contributed by atoms with Gasteiger partial charge in [-0.25, -0.2) is 0 Å². The van der Waals surface area contributed by atoms with E-state index in [4.69, 9.17) is 19.9 Å². The molecule has 0 aliphatic carbocycles. The minimum atomic E-state index is -1.84. The first-order valence-corrected chi connectivity index (χ1v) is 12.0. The number of nitrogens with one attached hydrogen (secondary N) is 1. The summed E-state index contributed by atoms with van der Waals surface area (Å²) in [4.78, 5) is 35.7. The molecule has 2 saturated heterocycles. The summed E-state index contributed by atoms with van der Waals surface area (Å²) in [6.07, 6.45) is -12.7. The predicted molar refractivity (Wildman–Crippen MR) is 123 cm³/mol. The molecule has 1 amide bonds. The van der Waals surface area contributed by atoms with Crippen molar-refractivity contribution in [1.82, 2.24) is 5.32 Å². The van der Waals surface area contributed by atoms with Gasteiger partial charge in [-0.05, 0) is 0 Å². The van der Waals surface area contributed by atoms with E-state index in [1.54, 1.807) is 21.1 Å². The molecule has 0 spiro atoms. The smallest absolute Gasteiger partial charge is 0.220 e. The maximum Gasteiger partial charge on any atom is 0.220 e. The number of quaternary nitrogens is 1. The molecule has 2 aliphatic heterocycles. The zero-order chi connectivity index (χ0) is 28.1. The van der Waals surface area contributed by atoms with Gasteiger partial charge in [0, 0.05) is 12.8 Å². The zero-order valence-corrected chi connectivity index (χ0v) is 21.2. The van der Waals surface area contributed by atoms with Crippen LogP contribution in [0.4, 0.5) is 0 Å². The largest absolute Gasteiger partial charge is 0.394 e. The van der Waals surface area contributed by atoms with E-state index >= 15 is 0 Å². The van der Waals surface area contributed by atoms with E-state index in [1.165, 1.54) is 0 Å². The third kappa shape index (κ3) is 7.93. The number of aliphatic hydroxyl groups is 6. The summed E-state index contributed by atoms with van der Waals surface area (Å²) in [5.41, 5.74) is 5.18. The molecule has 15 heteroatoms. The Morgan fingerprint density at radius 1 is 0.946 bits per heavy atom. The molecule has 0 aromatic heterocycles. The molecule has 214 valence electrons. The maximum absolute atomic E-state index is 12.6. The molecule has 0 saturated carbocycles. The van der Waals surface area contributed by atoms with E-state index in [9.17, 15) is 45.0 Å². The van der Waals surface area contributed by atoms with Crippen LogP contribution in [0.15, 0.2) is 0 Å². The average Bonchev–Trinajstić information content (AvgIpc) is 2.84. The maximum atomic E-state index is 12.6. The van der Waals surface area contributed by atoms with Crippen molar-refractivity contribution in [3.63, 3.8) is 0 Å². The topological polar surface area (TPSA) is 238 Å². The fourth-order valence-corrected chi connectivity index (χ4v) is 4.52. The molecule has 2 fully saturated rings. The van der Waals surface area contributed by atoms with Crippen LogP contribution < -0.4 is 11.1 Å². The normalized spacial score (nSPS) is 36.7. The number of nitrogens with zero attached hydrogens (tertiary/aromatic N) is 1. The summed E-state index contributed by atoms with van der Waals surface area (Å²) in [7, 11) is 5.24. The third-order valence-electron chi connectivity index (χ3n) is 6.60. The second kappa shape index (κ2) is 13.4. The lowest BCUT2D eigenvalue weighted by Gasteiger charge is -2.48. The molecule has 2 aliphatic rings. The Hall–Kier alpha value is -1.63. The first-order valence-electron chi connectivity index (χ1n) is 12.0. The van der Waals surface area contributed by atoms with Crippen molar-refractivity contribution >= 4 is 17.5 Å². The molecule has 10 atom stereocenters. The summed E-state index contributed by atoms with van der Waals surface area (Å²) in [6.45, 7) is -1.71. The van der Waals surface area contributed by atoms with Gasteiger partial charge in [-0.2, -0.15) is 0 Å². The van der Waals surface area contributed by atoms with E-state index in [-0.39, 0.29) is 36.3 Å². The van der Waals surface area contributed by atoms with Crippen molar-refractivity contribution in [2.45, 2.75) is 68.1 Å². The van der Waals surface area contributed by atoms with Gasteiger partial charge in [0.2, 0.25) is 12.2 Å². The van der Waals surface area contributed by atoms with E-state index in [0.29, 0.717) is 0 Å². The summed E-state index contributed by atoms with van der Waals surface area (Å²) in [5.74, 6) is -2.59.